The quantitative estimate of drug-likeness (QED) is 0.860. The topological polar surface area (TPSA) is 46.2 Å². The van der Waals surface area contributed by atoms with E-state index in [9.17, 15) is 22.8 Å². The molecule has 0 unspecified atom stereocenters. The number of carbonyl (C=O) groups is 2. The SMILES string of the molecule is O=CNCc1cc(C(F)(F)F)ccc1-c1cccc(C=O)c1. The molecule has 2 aromatic carbocycles. The first-order valence-corrected chi connectivity index (χ1v) is 6.38. The van der Waals surface area contributed by atoms with Crippen LogP contribution in [0.3, 0.4) is 0 Å². The van der Waals surface area contributed by atoms with Crippen LogP contribution in [0.1, 0.15) is 21.5 Å². The van der Waals surface area contributed by atoms with Gasteiger partial charge in [-0.3, -0.25) is 9.59 Å². The molecule has 114 valence electrons. The van der Waals surface area contributed by atoms with E-state index in [1.54, 1.807) is 24.3 Å². The van der Waals surface area contributed by atoms with Gasteiger partial charge in [0.1, 0.15) is 6.29 Å². The Kier molecular flexibility index (Phi) is 4.60. The number of aldehydes is 1. The van der Waals surface area contributed by atoms with Gasteiger partial charge in [0.15, 0.2) is 0 Å². The zero-order valence-corrected chi connectivity index (χ0v) is 11.4. The molecule has 0 fully saturated rings. The van der Waals surface area contributed by atoms with Crippen LogP contribution in [0.15, 0.2) is 42.5 Å². The van der Waals surface area contributed by atoms with Crippen LogP contribution in [0.2, 0.25) is 0 Å². The van der Waals surface area contributed by atoms with Crippen molar-refractivity contribution in [1.29, 1.82) is 0 Å². The van der Waals surface area contributed by atoms with Crippen LogP contribution in [0.4, 0.5) is 13.2 Å². The van der Waals surface area contributed by atoms with Gasteiger partial charge in [-0.05, 0) is 34.9 Å². The Morgan fingerprint density at radius 3 is 2.45 bits per heavy atom. The molecule has 3 nitrogen and oxygen atoms in total. The summed E-state index contributed by atoms with van der Waals surface area (Å²) < 4.78 is 38.4. The van der Waals surface area contributed by atoms with Gasteiger partial charge < -0.3 is 5.32 Å². The molecule has 2 aromatic rings. The number of alkyl halides is 3. The number of rotatable bonds is 5. The highest BCUT2D eigenvalue weighted by Crippen LogP contribution is 2.33. The maximum Gasteiger partial charge on any atom is 0.416 e. The molecule has 2 rings (SSSR count). The second-order valence-corrected chi connectivity index (χ2v) is 4.61. The van der Waals surface area contributed by atoms with Crippen molar-refractivity contribution in [3.05, 3.63) is 59.2 Å². The van der Waals surface area contributed by atoms with Crippen molar-refractivity contribution in [3.63, 3.8) is 0 Å². The molecule has 0 heterocycles. The van der Waals surface area contributed by atoms with Crippen molar-refractivity contribution >= 4 is 12.7 Å². The number of carbonyl (C=O) groups excluding carboxylic acids is 2. The lowest BCUT2D eigenvalue weighted by atomic mass is 9.96. The fraction of sp³-hybridized carbons (Fsp3) is 0.125. The molecule has 0 aliphatic rings. The second kappa shape index (κ2) is 6.43. The largest absolute Gasteiger partial charge is 0.416 e. The zero-order chi connectivity index (χ0) is 16.2. The van der Waals surface area contributed by atoms with Gasteiger partial charge in [0.05, 0.1) is 5.56 Å². The predicted octanol–water partition coefficient (Wildman–Crippen LogP) is 3.43. The summed E-state index contributed by atoms with van der Waals surface area (Å²) in [4.78, 5) is 21.3. The minimum atomic E-state index is -4.46. The minimum Gasteiger partial charge on any atom is -0.355 e. The van der Waals surface area contributed by atoms with Gasteiger partial charge in [-0.15, -0.1) is 0 Å². The number of benzene rings is 2. The smallest absolute Gasteiger partial charge is 0.355 e. The lowest BCUT2D eigenvalue weighted by Crippen LogP contribution is -2.13. The van der Waals surface area contributed by atoms with Crippen LogP contribution in [0, 0.1) is 0 Å². The van der Waals surface area contributed by atoms with E-state index in [-0.39, 0.29) is 6.54 Å². The molecule has 0 aromatic heterocycles. The normalized spacial score (nSPS) is 11.0. The van der Waals surface area contributed by atoms with Gasteiger partial charge in [-0.25, -0.2) is 0 Å². The molecule has 0 atom stereocenters. The molecular weight excluding hydrogens is 295 g/mol. The third-order valence-electron chi connectivity index (χ3n) is 3.14. The summed E-state index contributed by atoms with van der Waals surface area (Å²) in [6, 6.07) is 9.85. The molecule has 1 amide bonds. The molecule has 0 spiro atoms. The molecule has 0 aliphatic heterocycles. The van der Waals surface area contributed by atoms with E-state index in [1.807, 2.05) is 0 Å². The molecule has 1 N–H and O–H groups in total. The van der Waals surface area contributed by atoms with Crippen LogP contribution in [-0.4, -0.2) is 12.7 Å². The van der Waals surface area contributed by atoms with E-state index in [2.05, 4.69) is 5.32 Å². The summed E-state index contributed by atoms with van der Waals surface area (Å²) in [6.07, 6.45) is -3.37. The van der Waals surface area contributed by atoms with Crippen molar-refractivity contribution in [2.24, 2.45) is 0 Å². The average molecular weight is 307 g/mol. The average Bonchev–Trinajstić information content (AvgIpc) is 2.51. The number of hydrogen-bond donors (Lipinski definition) is 1. The first-order chi connectivity index (χ1) is 10.5. The summed E-state index contributed by atoms with van der Waals surface area (Å²) in [5, 5.41) is 2.36. The van der Waals surface area contributed by atoms with Crippen LogP contribution in [-0.2, 0) is 17.5 Å². The van der Waals surface area contributed by atoms with Crippen molar-refractivity contribution in [2.45, 2.75) is 12.7 Å². The number of halogens is 3. The summed E-state index contributed by atoms with van der Waals surface area (Å²) in [7, 11) is 0. The Labute approximate surface area is 124 Å². The minimum absolute atomic E-state index is 0.0337. The van der Waals surface area contributed by atoms with E-state index in [4.69, 9.17) is 0 Å². The molecule has 0 bridgehead atoms. The standard InChI is InChI=1S/C16H12F3NO2/c17-16(18,19)14-4-5-15(13(7-14)8-20-10-22)12-3-1-2-11(6-12)9-21/h1-7,9-10H,8H2,(H,20,22). The Hall–Kier alpha value is -2.63. The Morgan fingerprint density at radius 2 is 1.82 bits per heavy atom. The Morgan fingerprint density at radius 1 is 1.05 bits per heavy atom. The molecule has 0 saturated heterocycles. The van der Waals surface area contributed by atoms with E-state index >= 15 is 0 Å². The first kappa shape index (κ1) is 15.8. The third-order valence-corrected chi connectivity index (χ3v) is 3.14. The van der Waals surface area contributed by atoms with Crippen LogP contribution < -0.4 is 5.32 Å². The first-order valence-electron chi connectivity index (χ1n) is 6.38. The van der Waals surface area contributed by atoms with Gasteiger partial charge in [0.2, 0.25) is 6.41 Å². The summed E-state index contributed by atoms with van der Waals surface area (Å²) in [5.74, 6) is 0. The van der Waals surface area contributed by atoms with Crippen LogP contribution in [0.25, 0.3) is 11.1 Å². The lowest BCUT2D eigenvalue weighted by molar-refractivity contribution is -0.137. The maximum absolute atomic E-state index is 12.8. The number of hydrogen-bond acceptors (Lipinski definition) is 2. The van der Waals surface area contributed by atoms with Gasteiger partial charge in [-0.2, -0.15) is 13.2 Å². The van der Waals surface area contributed by atoms with Gasteiger partial charge in [0.25, 0.3) is 0 Å². The molecule has 0 aliphatic carbocycles. The second-order valence-electron chi connectivity index (χ2n) is 4.61. The number of nitrogens with one attached hydrogen (secondary N) is 1. The van der Waals surface area contributed by atoms with Gasteiger partial charge >= 0.3 is 6.18 Å². The maximum atomic E-state index is 12.8. The number of amides is 1. The third kappa shape index (κ3) is 3.52. The molecular formula is C16H12F3NO2. The molecule has 6 heteroatoms. The summed E-state index contributed by atoms with van der Waals surface area (Å²) >= 11 is 0. The fourth-order valence-corrected chi connectivity index (χ4v) is 2.13. The lowest BCUT2D eigenvalue weighted by Gasteiger charge is -2.14. The summed E-state index contributed by atoms with van der Waals surface area (Å²) in [5.41, 5.74) is 1.11. The van der Waals surface area contributed by atoms with Crippen molar-refractivity contribution < 1.29 is 22.8 Å². The van der Waals surface area contributed by atoms with Crippen molar-refractivity contribution in [2.75, 3.05) is 0 Å². The highest BCUT2D eigenvalue weighted by atomic mass is 19.4. The van der Waals surface area contributed by atoms with Gasteiger partial charge in [-0.1, -0.05) is 24.3 Å². The Balaban J connectivity index is 2.53. The molecule has 22 heavy (non-hydrogen) atoms. The summed E-state index contributed by atoms with van der Waals surface area (Å²) in [6.45, 7) is -0.0337. The fourth-order valence-electron chi connectivity index (χ4n) is 2.13. The predicted molar refractivity (Wildman–Crippen MR) is 75.2 cm³/mol. The molecule has 0 saturated carbocycles. The Bertz CT molecular complexity index is 696. The van der Waals surface area contributed by atoms with Crippen LogP contribution >= 0.6 is 0 Å². The van der Waals surface area contributed by atoms with E-state index in [1.165, 1.54) is 6.07 Å². The van der Waals surface area contributed by atoms with E-state index < -0.39 is 11.7 Å². The zero-order valence-electron chi connectivity index (χ0n) is 11.4. The van der Waals surface area contributed by atoms with E-state index in [0.717, 1.165) is 12.1 Å². The van der Waals surface area contributed by atoms with Crippen LogP contribution in [0.5, 0.6) is 0 Å². The van der Waals surface area contributed by atoms with Crippen molar-refractivity contribution in [3.8, 4) is 11.1 Å². The molecule has 0 radical (unpaired) electrons. The monoisotopic (exact) mass is 307 g/mol. The van der Waals surface area contributed by atoms with E-state index in [0.29, 0.717) is 35.0 Å². The van der Waals surface area contributed by atoms with Gasteiger partial charge in [0, 0.05) is 12.1 Å². The highest BCUT2D eigenvalue weighted by Gasteiger charge is 2.31. The van der Waals surface area contributed by atoms with Crippen molar-refractivity contribution in [1.82, 2.24) is 5.32 Å². The highest BCUT2D eigenvalue weighted by molar-refractivity contribution is 5.79.